The number of hydrogen-bond acceptors (Lipinski definition) is 2. The minimum atomic E-state index is -0.167. The zero-order valence-electron chi connectivity index (χ0n) is 9.58. The normalized spacial score (nSPS) is 10.4. The van der Waals surface area contributed by atoms with Gasteiger partial charge in [0.05, 0.1) is 6.20 Å². The fourth-order valence-electron chi connectivity index (χ4n) is 1.82. The highest BCUT2D eigenvalue weighted by Gasteiger charge is 2.11. The summed E-state index contributed by atoms with van der Waals surface area (Å²) in [5.41, 5.74) is 2.05. The summed E-state index contributed by atoms with van der Waals surface area (Å²) in [6, 6.07) is 15.0. The van der Waals surface area contributed by atoms with E-state index in [9.17, 15) is 4.79 Å². The number of carbonyl (C=O) groups is 1. The van der Waals surface area contributed by atoms with E-state index in [2.05, 4.69) is 10.3 Å². The molecule has 18 heavy (non-hydrogen) atoms. The fourth-order valence-corrected chi connectivity index (χ4v) is 1.82. The highest BCUT2D eigenvalue weighted by molar-refractivity contribution is 6.03. The van der Waals surface area contributed by atoms with E-state index in [1.165, 1.54) is 0 Å². The number of nitrogens with one attached hydrogen (secondary N) is 1. The maximum absolute atomic E-state index is 12.1. The standard InChI is InChI=1S/C14H11N3O/c18-14(16-11-6-2-1-3-7-11)12-10-15-13-8-4-5-9-17(12)13/h1-10H,(H,16,18). The molecule has 0 saturated heterocycles. The topological polar surface area (TPSA) is 46.4 Å². The van der Waals surface area contributed by atoms with Crippen molar-refractivity contribution in [3.05, 3.63) is 66.6 Å². The molecule has 0 aliphatic rings. The lowest BCUT2D eigenvalue weighted by molar-refractivity contribution is 0.102. The van der Waals surface area contributed by atoms with Gasteiger partial charge in [0.1, 0.15) is 11.3 Å². The number of pyridine rings is 1. The van der Waals surface area contributed by atoms with Crippen LogP contribution in [0.4, 0.5) is 5.69 Å². The van der Waals surface area contributed by atoms with Crippen LogP contribution in [0.5, 0.6) is 0 Å². The van der Waals surface area contributed by atoms with Crippen molar-refractivity contribution in [1.82, 2.24) is 9.38 Å². The van der Waals surface area contributed by atoms with Crippen LogP contribution in [0.25, 0.3) is 5.65 Å². The molecule has 3 aromatic rings. The summed E-state index contributed by atoms with van der Waals surface area (Å²) < 4.78 is 1.76. The minimum Gasteiger partial charge on any atom is -0.321 e. The Labute approximate surface area is 104 Å². The van der Waals surface area contributed by atoms with Crippen molar-refractivity contribution < 1.29 is 4.79 Å². The molecule has 0 radical (unpaired) electrons. The summed E-state index contributed by atoms with van der Waals surface area (Å²) in [5.74, 6) is -0.167. The van der Waals surface area contributed by atoms with Gasteiger partial charge in [-0.3, -0.25) is 9.20 Å². The van der Waals surface area contributed by atoms with E-state index < -0.39 is 0 Å². The van der Waals surface area contributed by atoms with Crippen LogP contribution >= 0.6 is 0 Å². The molecule has 0 fully saturated rings. The monoisotopic (exact) mass is 237 g/mol. The van der Waals surface area contributed by atoms with Gasteiger partial charge in [-0.1, -0.05) is 24.3 Å². The van der Waals surface area contributed by atoms with E-state index in [4.69, 9.17) is 0 Å². The molecule has 4 heteroatoms. The summed E-state index contributed by atoms with van der Waals surface area (Å²) in [7, 11) is 0. The molecule has 88 valence electrons. The Morgan fingerprint density at radius 1 is 1.06 bits per heavy atom. The lowest BCUT2D eigenvalue weighted by atomic mass is 10.3. The molecular formula is C14H11N3O. The average molecular weight is 237 g/mol. The number of hydrogen-bond donors (Lipinski definition) is 1. The number of para-hydroxylation sites is 1. The van der Waals surface area contributed by atoms with Crippen molar-refractivity contribution in [2.24, 2.45) is 0 Å². The van der Waals surface area contributed by atoms with Gasteiger partial charge >= 0.3 is 0 Å². The zero-order chi connectivity index (χ0) is 12.4. The molecule has 2 aromatic heterocycles. The number of imidazole rings is 1. The van der Waals surface area contributed by atoms with E-state index in [0.29, 0.717) is 5.69 Å². The van der Waals surface area contributed by atoms with Gasteiger partial charge in [-0.2, -0.15) is 0 Å². The maximum Gasteiger partial charge on any atom is 0.274 e. The largest absolute Gasteiger partial charge is 0.321 e. The van der Waals surface area contributed by atoms with Crippen molar-refractivity contribution in [3.8, 4) is 0 Å². The van der Waals surface area contributed by atoms with Crippen molar-refractivity contribution in [3.63, 3.8) is 0 Å². The van der Waals surface area contributed by atoms with E-state index in [-0.39, 0.29) is 5.91 Å². The molecule has 0 atom stereocenters. The molecule has 0 aliphatic carbocycles. The van der Waals surface area contributed by atoms with E-state index in [1.807, 2.05) is 54.7 Å². The molecule has 3 rings (SSSR count). The summed E-state index contributed by atoms with van der Waals surface area (Å²) in [5, 5.41) is 2.84. The second-order valence-corrected chi connectivity index (χ2v) is 3.89. The zero-order valence-corrected chi connectivity index (χ0v) is 9.58. The van der Waals surface area contributed by atoms with Crippen molar-refractivity contribution >= 4 is 17.2 Å². The molecule has 0 spiro atoms. The van der Waals surface area contributed by atoms with Gasteiger partial charge in [-0.05, 0) is 24.3 Å². The molecule has 2 heterocycles. The van der Waals surface area contributed by atoms with Crippen LogP contribution in [0.1, 0.15) is 10.5 Å². The number of aromatic nitrogens is 2. The predicted molar refractivity (Wildman–Crippen MR) is 69.6 cm³/mol. The SMILES string of the molecule is O=C(Nc1ccccc1)c1cnc2ccccn12. The van der Waals surface area contributed by atoms with Gasteiger partial charge in [-0.25, -0.2) is 4.98 Å². The van der Waals surface area contributed by atoms with Crippen LogP contribution in [-0.4, -0.2) is 15.3 Å². The number of fused-ring (bicyclic) bond motifs is 1. The third kappa shape index (κ3) is 1.84. The molecule has 1 amide bonds. The molecule has 0 bridgehead atoms. The number of benzene rings is 1. The summed E-state index contributed by atoms with van der Waals surface area (Å²) >= 11 is 0. The second kappa shape index (κ2) is 4.33. The summed E-state index contributed by atoms with van der Waals surface area (Å²) in [6.07, 6.45) is 3.40. The number of carbonyl (C=O) groups excluding carboxylic acids is 1. The fraction of sp³-hybridized carbons (Fsp3) is 0. The van der Waals surface area contributed by atoms with Crippen LogP contribution in [-0.2, 0) is 0 Å². The third-order valence-corrected chi connectivity index (χ3v) is 2.68. The van der Waals surface area contributed by atoms with Crippen LogP contribution in [0.15, 0.2) is 60.9 Å². The Bertz CT molecular complexity index is 688. The molecular weight excluding hydrogens is 226 g/mol. The number of nitrogens with zero attached hydrogens (tertiary/aromatic N) is 2. The van der Waals surface area contributed by atoms with Crippen LogP contribution in [0.2, 0.25) is 0 Å². The Morgan fingerprint density at radius 3 is 2.67 bits per heavy atom. The van der Waals surface area contributed by atoms with Gasteiger partial charge in [-0.15, -0.1) is 0 Å². The first-order chi connectivity index (χ1) is 8.84. The van der Waals surface area contributed by atoms with Crippen LogP contribution in [0, 0.1) is 0 Å². The molecule has 1 aromatic carbocycles. The Balaban J connectivity index is 1.93. The smallest absolute Gasteiger partial charge is 0.274 e. The van der Waals surface area contributed by atoms with Gasteiger partial charge in [0.15, 0.2) is 0 Å². The first-order valence-corrected chi connectivity index (χ1v) is 5.63. The first kappa shape index (κ1) is 10.5. The van der Waals surface area contributed by atoms with Crippen molar-refractivity contribution in [1.29, 1.82) is 0 Å². The lowest BCUT2D eigenvalue weighted by Gasteiger charge is -2.04. The Kier molecular flexibility index (Phi) is 2.53. The average Bonchev–Trinajstić information content (AvgIpc) is 2.84. The lowest BCUT2D eigenvalue weighted by Crippen LogP contribution is -2.13. The van der Waals surface area contributed by atoms with Gasteiger partial charge < -0.3 is 5.32 Å². The van der Waals surface area contributed by atoms with Crippen molar-refractivity contribution in [2.75, 3.05) is 5.32 Å². The minimum absolute atomic E-state index is 0.167. The second-order valence-electron chi connectivity index (χ2n) is 3.89. The summed E-state index contributed by atoms with van der Waals surface area (Å²) in [4.78, 5) is 16.3. The quantitative estimate of drug-likeness (QED) is 0.744. The van der Waals surface area contributed by atoms with Crippen molar-refractivity contribution in [2.45, 2.75) is 0 Å². The molecule has 0 aliphatic heterocycles. The molecule has 1 N–H and O–H groups in total. The summed E-state index contributed by atoms with van der Waals surface area (Å²) in [6.45, 7) is 0. The highest BCUT2D eigenvalue weighted by atomic mass is 16.1. The molecule has 0 unspecified atom stereocenters. The van der Waals surface area contributed by atoms with E-state index >= 15 is 0 Å². The predicted octanol–water partition coefficient (Wildman–Crippen LogP) is 2.59. The Hall–Kier alpha value is -2.62. The van der Waals surface area contributed by atoms with Crippen LogP contribution in [0.3, 0.4) is 0 Å². The number of anilines is 1. The highest BCUT2D eigenvalue weighted by Crippen LogP contribution is 2.10. The van der Waals surface area contributed by atoms with E-state index in [1.54, 1.807) is 10.6 Å². The van der Waals surface area contributed by atoms with Gasteiger partial charge in [0.25, 0.3) is 5.91 Å². The Morgan fingerprint density at radius 2 is 1.83 bits per heavy atom. The third-order valence-electron chi connectivity index (χ3n) is 2.68. The van der Waals surface area contributed by atoms with Gasteiger partial charge in [0.2, 0.25) is 0 Å². The maximum atomic E-state index is 12.1. The van der Waals surface area contributed by atoms with Crippen LogP contribution < -0.4 is 5.32 Å². The number of amides is 1. The molecule has 0 saturated carbocycles. The molecule has 4 nitrogen and oxygen atoms in total. The van der Waals surface area contributed by atoms with Gasteiger partial charge in [0, 0.05) is 11.9 Å². The van der Waals surface area contributed by atoms with E-state index in [0.717, 1.165) is 11.3 Å². The first-order valence-electron chi connectivity index (χ1n) is 5.63. The number of rotatable bonds is 2.